The number of carboxylic acid groups (broad SMARTS) is 1. The lowest BCUT2D eigenvalue weighted by molar-refractivity contribution is -0.380. The van der Waals surface area contributed by atoms with Gasteiger partial charge in [-0.05, 0) is 11.3 Å². The van der Waals surface area contributed by atoms with Gasteiger partial charge in [-0.2, -0.15) is 0 Å². The van der Waals surface area contributed by atoms with Crippen LogP contribution in [-0.2, 0) is 9.59 Å². The summed E-state index contributed by atoms with van der Waals surface area (Å²) in [6.07, 6.45) is 0.962. The number of thiazole rings is 1. The summed E-state index contributed by atoms with van der Waals surface area (Å²) in [6, 6.07) is 0. The SMILES string of the molecule is O=C(O)C1CC(=O)N(c2ncc([N+](=O)[O-])s2)C1. The Hall–Kier alpha value is -2.03. The summed E-state index contributed by atoms with van der Waals surface area (Å²) in [6.45, 7) is 0.0127. The zero-order valence-electron chi connectivity index (χ0n) is 8.40. The smallest absolute Gasteiger partial charge is 0.345 e. The summed E-state index contributed by atoms with van der Waals surface area (Å²) in [4.78, 5) is 37.1. The van der Waals surface area contributed by atoms with Crippen LogP contribution in [0.15, 0.2) is 6.20 Å². The minimum Gasteiger partial charge on any atom is -0.481 e. The summed E-state index contributed by atoms with van der Waals surface area (Å²) >= 11 is 0.758. The highest BCUT2D eigenvalue weighted by molar-refractivity contribution is 7.18. The molecule has 1 atom stereocenters. The monoisotopic (exact) mass is 257 g/mol. The van der Waals surface area contributed by atoms with Crippen molar-refractivity contribution in [3.63, 3.8) is 0 Å². The molecule has 1 aliphatic heterocycles. The Morgan fingerprint density at radius 2 is 2.41 bits per heavy atom. The number of anilines is 1. The molecular formula is C8H7N3O5S. The van der Waals surface area contributed by atoms with E-state index in [-0.39, 0.29) is 29.0 Å². The van der Waals surface area contributed by atoms with Crippen molar-refractivity contribution in [3.8, 4) is 0 Å². The van der Waals surface area contributed by atoms with Gasteiger partial charge in [-0.1, -0.05) is 0 Å². The van der Waals surface area contributed by atoms with E-state index < -0.39 is 16.8 Å². The second kappa shape index (κ2) is 4.09. The maximum atomic E-state index is 11.5. The standard InChI is InChI=1S/C8H7N3O5S/c12-5-1-4(7(13)14)3-10(5)8-9-2-6(17-8)11(15)16/h2,4H,1,3H2,(H,13,14). The molecule has 0 bridgehead atoms. The number of carboxylic acids is 1. The molecule has 0 radical (unpaired) electrons. The Morgan fingerprint density at radius 1 is 1.71 bits per heavy atom. The number of nitrogens with zero attached hydrogens (tertiary/aromatic N) is 3. The summed E-state index contributed by atoms with van der Waals surface area (Å²) in [5, 5.41) is 19.2. The maximum absolute atomic E-state index is 11.5. The minimum absolute atomic E-state index is 0.0127. The van der Waals surface area contributed by atoms with Gasteiger partial charge in [0.2, 0.25) is 5.91 Å². The quantitative estimate of drug-likeness (QED) is 0.622. The van der Waals surface area contributed by atoms with Crippen molar-refractivity contribution >= 4 is 33.3 Å². The number of hydrogen-bond acceptors (Lipinski definition) is 6. The van der Waals surface area contributed by atoms with Crippen molar-refractivity contribution in [1.29, 1.82) is 0 Å². The molecular weight excluding hydrogens is 250 g/mol. The van der Waals surface area contributed by atoms with Crippen molar-refractivity contribution in [3.05, 3.63) is 16.3 Å². The molecule has 90 valence electrons. The molecule has 0 aliphatic carbocycles. The zero-order valence-corrected chi connectivity index (χ0v) is 9.22. The highest BCUT2D eigenvalue weighted by atomic mass is 32.1. The Morgan fingerprint density at radius 3 is 2.88 bits per heavy atom. The zero-order chi connectivity index (χ0) is 12.6. The summed E-state index contributed by atoms with van der Waals surface area (Å²) in [5.74, 6) is -2.20. The van der Waals surface area contributed by atoms with Gasteiger partial charge < -0.3 is 5.11 Å². The number of rotatable bonds is 3. The predicted octanol–water partition coefficient (Wildman–Crippen LogP) is 0.489. The van der Waals surface area contributed by atoms with Gasteiger partial charge in [0.1, 0.15) is 6.20 Å². The molecule has 1 fully saturated rings. The number of carbonyl (C=O) groups is 2. The van der Waals surface area contributed by atoms with E-state index in [1.807, 2.05) is 0 Å². The average Bonchev–Trinajstić information content (AvgIpc) is 2.83. The first-order valence-electron chi connectivity index (χ1n) is 4.62. The first-order valence-corrected chi connectivity index (χ1v) is 5.44. The molecule has 2 heterocycles. The fraction of sp³-hybridized carbons (Fsp3) is 0.375. The van der Waals surface area contributed by atoms with Crippen LogP contribution in [0.3, 0.4) is 0 Å². The molecule has 9 heteroatoms. The molecule has 1 saturated heterocycles. The lowest BCUT2D eigenvalue weighted by Crippen LogP contribution is -2.25. The first kappa shape index (κ1) is 11.5. The second-order valence-electron chi connectivity index (χ2n) is 3.48. The molecule has 1 aromatic heterocycles. The summed E-state index contributed by atoms with van der Waals surface area (Å²) in [5.41, 5.74) is 0. The molecule has 2 rings (SSSR count). The van der Waals surface area contributed by atoms with Gasteiger partial charge in [0, 0.05) is 13.0 Å². The second-order valence-corrected chi connectivity index (χ2v) is 4.47. The van der Waals surface area contributed by atoms with E-state index in [1.54, 1.807) is 0 Å². The third kappa shape index (κ3) is 2.09. The van der Waals surface area contributed by atoms with Crippen LogP contribution in [0.2, 0.25) is 0 Å². The van der Waals surface area contributed by atoms with Crippen molar-refractivity contribution in [2.75, 3.05) is 11.4 Å². The lowest BCUT2D eigenvalue weighted by Gasteiger charge is -2.10. The van der Waals surface area contributed by atoms with Gasteiger partial charge in [-0.3, -0.25) is 24.6 Å². The van der Waals surface area contributed by atoms with E-state index in [0.717, 1.165) is 17.5 Å². The van der Waals surface area contributed by atoms with Gasteiger partial charge in [0.15, 0.2) is 5.13 Å². The topological polar surface area (TPSA) is 114 Å². The van der Waals surface area contributed by atoms with E-state index in [9.17, 15) is 19.7 Å². The molecule has 1 aliphatic rings. The van der Waals surface area contributed by atoms with E-state index in [1.165, 1.54) is 4.90 Å². The highest BCUT2D eigenvalue weighted by Gasteiger charge is 2.36. The third-order valence-electron chi connectivity index (χ3n) is 2.37. The van der Waals surface area contributed by atoms with Gasteiger partial charge in [-0.25, -0.2) is 4.98 Å². The number of nitro groups is 1. The Kier molecular flexibility index (Phi) is 2.76. The Balaban J connectivity index is 2.20. The number of aromatic nitrogens is 1. The molecule has 1 amide bonds. The van der Waals surface area contributed by atoms with Gasteiger partial charge >= 0.3 is 11.0 Å². The molecule has 1 aromatic rings. The van der Waals surface area contributed by atoms with Crippen molar-refractivity contribution in [1.82, 2.24) is 4.98 Å². The number of aliphatic carboxylic acids is 1. The summed E-state index contributed by atoms with van der Waals surface area (Å²) < 4.78 is 0. The normalized spacial score (nSPS) is 19.6. The molecule has 1 N–H and O–H groups in total. The van der Waals surface area contributed by atoms with Crippen LogP contribution < -0.4 is 4.90 Å². The van der Waals surface area contributed by atoms with Gasteiger partial charge in [0.25, 0.3) is 0 Å². The van der Waals surface area contributed by atoms with Crippen molar-refractivity contribution in [2.45, 2.75) is 6.42 Å². The van der Waals surface area contributed by atoms with Crippen molar-refractivity contribution < 1.29 is 19.6 Å². The van der Waals surface area contributed by atoms with Crippen LogP contribution >= 0.6 is 11.3 Å². The van der Waals surface area contributed by atoms with Crippen LogP contribution in [0.1, 0.15) is 6.42 Å². The minimum atomic E-state index is -1.05. The molecule has 0 aromatic carbocycles. The largest absolute Gasteiger partial charge is 0.481 e. The predicted molar refractivity (Wildman–Crippen MR) is 56.9 cm³/mol. The molecule has 17 heavy (non-hydrogen) atoms. The first-order chi connectivity index (χ1) is 7.99. The van der Waals surface area contributed by atoms with Crippen LogP contribution in [-0.4, -0.2) is 33.4 Å². The highest BCUT2D eigenvalue weighted by Crippen LogP contribution is 2.32. The van der Waals surface area contributed by atoms with E-state index in [0.29, 0.717) is 0 Å². The molecule has 8 nitrogen and oxygen atoms in total. The molecule has 1 unspecified atom stereocenters. The number of amides is 1. The average molecular weight is 257 g/mol. The van der Waals surface area contributed by atoms with Gasteiger partial charge in [-0.15, -0.1) is 0 Å². The third-order valence-corrected chi connectivity index (χ3v) is 3.34. The fourth-order valence-corrected chi connectivity index (χ4v) is 2.28. The lowest BCUT2D eigenvalue weighted by atomic mass is 10.1. The van der Waals surface area contributed by atoms with Crippen LogP contribution in [0, 0.1) is 16.0 Å². The fourth-order valence-electron chi connectivity index (χ4n) is 1.52. The number of carbonyl (C=O) groups excluding carboxylic acids is 1. The van der Waals surface area contributed by atoms with Crippen LogP contribution in [0.25, 0.3) is 0 Å². The Bertz CT molecular complexity index is 499. The maximum Gasteiger partial charge on any atom is 0.345 e. The van der Waals surface area contributed by atoms with Crippen molar-refractivity contribution in [2.24, 2.45) is 5.92 Å². The molecule has 0 spiro atoms. The van der Waals surface area contributed by atoms with Crippen LogP contribution in [0.5, 0.6) is 0 Å². The van der Waals surface area contributed by atoms with Crippen LogP contribution in [0.4, 0.5) is 10.1 Å². The van der Waals surface area contributed by atoms with E-state index in [2.05, 4.69) is 4.98 Å². The van der Waals surface area contributed by atoms with Gasteiger partial charge in [0.05, 0.1) is 10.8 Å². The number of hydrogen-bond donors (Lipinski definition) is 1. The summed E-state index contributed by atoms with van der Waals surface area (Å²) in [7, 11) is 0. The molecule has 0 saturated carbocycles. The Labute approximate surface area is 98.6 Å². The van der Waals surface area contributed by atoms with E-state index in [4.69, 9.17) is 5.11 Å². The van der Waals surface area contributed by atoms with E-state index >= 15 is 0 Å².